The van der Waals surface area contributed by atoms with Crippen molar-refractivity contribution >= 4 is 22.8 Å². The fraction of sp³-hybridized carbons (Fsp3) is 0.633. The molecule has 5 aliphatic carbocycles. The van der Waals surface area contributed by atoms with Crippen molar-refractivity contribution in [3.8, 4) is 0 Å². The SMILES string of the molecule is O=C(CC1CC(F)(F)C1)N[C@@H](c1ccc2nc([C@@H](NC(=O)c3nonc3C3CC3)C3C[C@@H]4[C@H](C3)C4(F)F)[nH]c2c1)C1CC1. The van der Waals surface area contributed by atoms with Gasteiger partial charge in [-0.25, -0.2) is 27.2 Å². The van der Waals surface area contributed by atoms with E-state index >= 15 is 0 Å². The lowest BCUT2D eigenvalue weighted by Crippen LogP contribution is -2.39. The second-order valence-electron chi connectivity index (χ2n) is 13.5. The average Bonchev–Trinajstić information content (AvgIpc) is 3.89. The van der Waals surface area contributed by atoms with Crippen molar-refractivity contribution in [1.82, 2.24) is 30.9 Å². The first-order valence-electron chi connectivity index (χ1n) is 15.2. The van der Waals surface area contributed by atoms with E-state index < -0.39 is 35.6 Å². The Labute approximate surface area is 243 Å². The van der Waals surface area contributed by atoms with Crippen LogP contribution >= 0.6 is 0 Å². The Balaban J connectivity index is 1.04. The number of carbonyl (C=O) groups is 2. The topological polar surface area (TPSA) is 126 Å². The zero-order chi connectivity index (χ0) is 29.7. The monoisotopic (exact) mass is 600 g/mol. The minimum absolute atomic E-state index is 0.0859. The molecule has 0 bridgehead atoms. The van der Waals surface area contributed by atoms with E-state index in [0.29, 0.717) is 22.6 Å². The summed E-state index contributed by atoms with van der Waals surface area (Å²) in [6, 6.07) is 4.76. The van der Waals surface area contributed by atoms with Gasteiger partial charge < -0.3 is 15.6 Å². The smallest absolute Gasteiger partial charge is 0.276 e. The highest BCUT2D eigenvalue weighted by atomic mass is 19.3. The number of amides is 2. The van der Waals surface area contributed by atoms with Gasteiger partial charge in [0.25, 0.3) is 11.8 Å². The van der Waals surface area contributed by atoms with E-state index in [9.17, 15) is 27.2 Å². The van der Waals surface area contributed by atoms with Crippen LogP contribution in [0.15, 0.2) is 22.8 Å². The molecule has 13 heteroatoms. The molecule has 228 valence electrons. The van der Waals surface area contributed by atoms with E-state index in [4.69, 9.17) is 9.61 Å². The van der Waals surface area contributed by atoms with Crippen LogP contribution < -0.4 is 10.6 Å². The first-order chi connectivity index (χ1) is 20.6. The Morgan fingerprint density at radius 2 is 1.72 bits per heavy atom. The maximum Gasteiger partial charge on any atom is 0.276 e. The second-order valence-corrected chi connectivity index (χ2v) is 13.5. The number of aromatic nitrogens is 4. The van der Waals surface area contributed by atoms with Gasteiger partial charge in [-0.2, -0.15) is 0 Å². The third-order valence-electron chi connectivity index (χ3n) is 10.2. The summed E-state index contributed by atoms with van der Waals surface area (Å²) in [6.07, 6.45) is 3.88. The molecule has 5 saturated carbocycles. The van der Waals surface area contributed by atoms with Crippen LogP contribution in [0.1, 0.15) is 103 Å². The molecule has 5 atom stereocenters. The highest BCUT2D eigenvalue weighted by Crippen LogP contribution is 2.67. The summed E-state index contributed by atoms with van der Waals surface area (Å²) in [5.74, 6) is -7.03. The molecule has 8 rings (SSSR count). The highest BCUT2D eigenvalue weighted by molar-refractivity contribution is 5.93. The fourth-order valence-corrected chi connectivity index (χ4v) is 7.44. The van der Waals surface area contributed by atoms with Gasteiger partial charge in [-0.1, -0.05) is 11.2 Å². The van der Waals surface area contributed by atoms with Gasteiger partial charge in [0.2, 0.25) is 11.8 Å². The van der Waals surface area contributed by atoms with E-state index in [-0.39, 0.29) is 73.4 Å². The summed E-state index contributed by atoms with van der Waals surface area (Å²) in [7, 11) is 0. The molecule has 0 spiro atoms. The summed E-state index contributed by atoms with van der Waals surface area (Å²) in [5.41, 5.74) is 2.85. The van der Waals surface area contributed by atoms with Crippen molar-refractivity contribution in [2.45, 2.75) is 87.6 Å². The largest absolute Gasteiger partial charge is 0.349 e. The molecule has 5 aliphatic rings. The van der Waals surface area contributed by atoms with E-state index in [1.54, 1.807) is 0 Å². The van der Waals surface area contributed by atoms with Gasteiger partial charge in [0.15, 0.2) is 5.69 Å². The normalized spacial score (nSPS) is 28.6. The van der Waals surface area contributed by atoms with Crippen LogP contribution in [0.25, 0.3) is 11.0 Å². The summed E-state index contributed by atoms with van der Waals surface area (Å²) >= 11 is 0. The van der Waals surface area contributed by atoms with E-state index in [1.165, 1.54) is 0 Å². The van der Waals surface area contributed by atoms with Crippen LogP contribution in [0.5, 0.6) is 0 Å². The molecule has 9 nitrogen and oxygen atoms in total. The first-order valence-corrected chi connectivity index (χ1v) is 15.2. The highest BCUT2D eigenvalue weighted by Gasteiger charge is 2.72. The Morgan fingerprint density at radius 1 is 0.977 bits per heavy atom. The van der Waals surface area contributed by atoms with Crippen molar-refractivity contribution in [2.75, 3.05) is 0 Å². The summed E-state index contributed by atoms with van der Waals surface area (Å²) in [6.45, 7) is 0. The van der Waals surface area contributed by atoms with E-state index in [0.717, 1.165) is 31.2 Å². The fourth-order valence-electron chi connectivity index (χ4n) is 7.44. The Kier molecular flexibility index (Phi) is 5.98. The van der Waals surface area contributed by atoms with Crippen molar-refractivity contribution in [2.24, 2.45) is 29.6 Å². The zero-order valence-corrected chi connectivity index (χ0v) is 23.3. The lowest BCUT2D eigenvalue weighted by molar-refractivity contribution is -0.134. The van der Waals surface area contributed by atoms with Crippen LogP contribution in [0, 0.1) is 29.6 Å². The van der Waals surface area contributed by atoms with Crippen molar-refractivity contribution in [3.05, 3.63) is 41.0 Å². The van der Waals surface area contributed by atoms with Gasteiger partial charge in [-0.3, -0.25) is 9.59 Å². The number of benzene rings is 1. The molecule has 2 heterocycles. The number of alkyl halides is 4. The van der Waals surface area contributed by atoms with Crippen molar-refractivity contribution < 1.29 is 31.8 Å². The molecule has 5 fully saturated rings. The maximum atomic E-state index is 14.1. The first kappa shape index (κ1) is 27.1. The van der Waals surface area contributed by atoms with Crippen LogP contribution in [-0.2, 0) is 4.79 Å². The van der Waals surface area contributed by atoms with Gasteiger partial charge in [0.05, 0.1) is 23.1 Å². The molecule has 0 saturated heterocycles. The Bertz CT molecular complexity index is 1580. The van der Waals surface area contributed by atoms with Crippen LogP contribution in [0.3, 0.4) is 0 Å². The quantitative estimate of drug-likeness (QED) is 0.261. The number of fused-ring (bicyclic) bond motifs is 2. The molecule has 0 aliphatic heterocycles. The number of aromatic amines is 1. The number of nitrogens with zero attached hydrogens (tertiary/aromatic N) is 3. The third-order valence-corrected chi connectivity index (χ3v) is 10.2. The molecule has 2 amide bonds. The van der Waals surface area contributed by atoms with Crippen molar-refractivity contribution in [3.63, 3.8) is 0 Å². The number of hydrogen-bond acceptors (Lipinski definition) is 6. The molecule has 3 aromatic rings. The number of rotatable bonds is 10. The average molecular weight is 601 g/mol. The molecule has 2 aromatic heterocycles. The van der Waals surface area contributed by atoms with E-state index in [2.05, 4.69) is 25.9 Å². The minimum atomic E-state index is -2.66. The number of imidazole rings is 1. The summed E-state index contributed by atoms with van der Waals surface area (Å²) in [4.78, 5) is 34.2. The molecular weight excluding hydrogens is 568 g/mol. The molecule has 0 radical (unpaired) electrons. The van der Waals surface area contributed by atoms with E-state index in [1.807, 2.05) is 18.2 Å². The predicted octanol–water partition coefficient (Wildman–Crippen LogP) is 5.59. The van der Waals surface area contributed by atoms with Crippen molar-refractivity contribution in [1.29, 1.82) is 0 Å². The van der Waals surface area contributed by atoms with Crippen LogP contribution in [0.2, 0.25) is 0 Å². The number of carbonyl (C=O) groups excluding carboxylic acids is 2. The molecule has 1 unspecified atom stereocenters. The van der Waals surface area contributed by atoms with Gasteiger partial charge in [-0.05, 0) is 79.1 Å². The minimum Gasteiger partial charge on any atom is -0.349 e. The molecule has 43 heavy (non-hydrogen) atoms. The van der Waals surface area contributed by atoms with Crippen LogP contribution in [-0.4, -0.2) is 43.9 Å². The zero-order valence-electron chi connectivity index (χ0n) is 23.3. The van der Waals surface area contributed by atoms with Gasteiger partial charge in [0.1, 0.15) is 11.5 Å². The molecular formula is C30H32F4N6O3. The number of hydrogen-bond donors (Lipinski definition) is 3. The molecule has 1 aromatic carbocycles. The standard InChI is InChI=1S/C30H32F4N6O3/c31-29(32)11-13(12-29)7-22(41)37-23(14-1-2-14)16-5-6-20-21(10-16)36-27(35-20)25(17-8-18-19(9-17)30(18,33)34)38-28(42)26-24(15-3-4-15)39-43-40-26/h5-6,10,13-15,17-19,23,25H,1-4,7-9,11-12H2,(H,35,36)(H,37,41)(H,38,42)/t17?,18-,19+,23-,25+/m1/s1. The number of halogens is 4. The van der Waals surface area contributed by atoms with Gasteiger partial charge in [-0.15, -0.1) is 0 Å². The molecule has 3 N–H and O–H groups in total. The number of H-pyrrole nitrogens is 1. The lowest BCUT2D eigenvalue weighted by Gasteiger charge is -2.34. The van der Waals surface area contributed by atoms with Crippen LogP contribution in [0.4, 0.5) is 17.6 Å². The predicted molar refractivity (Wildman–Crippen MR) is 143 cm³/mol. The summed E-state index contributed by atoms with van der Waals surface area (Å²) < 4.78 is 59.5. The maximum absolute atomic E-state index is 14.1. The Hall–Kier alpha value is -3.51. The second kappa shape index (κ2) is 9.49. The Morgan fingerprint density at radius 3 is 2.40 bits per heavy atom. The third kappa shape index (κ3) is 4.98. The summed E-state index contributed by atoms with van der Waals surface area (Å²) in [5, 5.41) is 13.8. The number of nitrogens with one attached hydrogen (secondary N) is 3. The lowest BCUT2D eigenvalue weighted by atomic mass is 9.79. The van der Waals surface area contributed by atoms with Gasteiger partial charge >= 0.3 is 0 Å². The van der Waals surface area contributed by atoms with Gasteiger partial charge in [0, 0.05) is 37.0 Å².